The van der Waals surface area contributed by atoms with E-state index in [4.69, 9.17) is 10.5 Å². The molecule has 0 aliphatic carbocycles. The number of hydrogen-bond donors (Lipinski definition) is 1. The second-order valence-corrected chi connectivity index (χ2v) is 10.2. The van der Waals surface area contributed by atoms with E-state index in [0.29, 0.717) is 12.2 Å². The van der Waals surface area contributed by atoms with Gasteiger partial charge in [0.1, 0.15) is 5.75 Å². The maximum absolute atomic E-state index is 12.4. The standard InChI is InChI=1S/C27H35F3N2O2/c1-18-12-22(13-19(2)24(18)15-26(3,4)16-25(31)33)32-10-5-6-20-14-23(8-7-21(20)17-32)34-11-9-27(28,29)30/h7-8,12-14H,5-6,9-11,15-17H2,1-4H3,(H2,31,33). The Labute approximate surface area is 200 Å². The Hall–Kier alpha value is -2.70. The van der Waals surface area contributed by atoms with Gasteiger partial charge in [0.2, 0.25) is 5.91 Å². The molecule has 3 rings (SSSR count). The molecule has 2 aromatic carbocycles. The molecule has 4 nitrogen and oxygen atoms in total. The summed E-state index contributed by atoms with van der Waals surface area (Å²) < 4.78 is 42.5. The Morgan fingerprint density at radius 3 is 2.38 bits per heavy atom. The van der Waals surface area contributed by atoms with Crippen LogP contribution in [0.1, 0.15) is 60.9 Å². The van der Waals surface area contributed by atoms with Crippen molar-refractivity contribution in [2.45, 2.75) is 72.5 Å². The fraction of sp³-hybridized carbons (Fsp3) is 0.519. The second kappa shape index (κ2) is 10.3. The predicted octanol–water partition coefficient (Wildman–Crippen LogP) is 6.03. The number of halogens is 3. The van der Waals surface area contributed by atoms with E-state index in [0.717, 1.165) is 43.6 Å². The average molecular weight is 477 g/mol. The Balaban J connectivity index is 1.74. The van der Waals surface area contributed by atoms with Crippen LogP contribution in [-0.4, -0.2) is 25.2 Å². The number of carbonyl (C=O) groups excluding carboxylic acids is 1. The first-order valence-corrected chi connectivity index (χ1v) is 11.8. The molecule has 1 heterocycles. The zero-order valence-electron chi connectivity index (χ0n) is 20.5. The number of fused-ring (bicyclic) bond motifs is 1. The number of rotatable bonds is 8. The zero-order valence-corrected chi connectivity index (χ0v) is 20.5. The van der Waals surface area contributed by atoms with E-state index in [-0.39, 0.29) is 17.9 Å². The summed E-state index contributed by atoms with van der Waals surface area (Å²) in [5, 5.41) is 0. The number of nitrogens with zero attached hydrogens (tertiary/aromatic N) is 1. The fourth-order valence-electron chi connectivity index (χ4n) is 4.77. The summed E-state index contributed by atoms with van der Waals surface area (Å²) in [5.74, 6) is 0.208. The lowest BCUT2D eigenvalue weighted by molar-refractivity contribution is -0.139. The van der Waals surface area contributed by atoms with Crippen LogP contribution in [0.2, 0.25) is 0 Å². The van der Waals surface area contributed by atoms with Gasteiger partial charge in [-0.15, -0.1) is 0 Å². The first kappa shape index (κ1) is 25.9. The maximum Gasteiger partial charge on any atom is 0.392 e. The number of carbonyl (C=O) groups is 1. The van der Waals surface area contributed by atoms with Gasteiger partial charge in [-0.3, -0.25) is 4.79 Å². The molecule has 0 unspecified atom stereocenters. The molecule has 0 spiro atoms. The SMILES string of the molecule is Cc1cc(N2CCCc3cc(OCCC(F)(F)F)ccc3C2)cc(C)c1CC(C)(C)CC(N)=O. The molecule has 1 aliphatic heterocycles. The molecule has 186 valence electrons. The fourth-order valence-corrected chi connectivity index (χ4v) is 4.77. The van der Waals surface area contributed by atoms with Gasteiger partial charge in [0.25, 0.3) is 0 Å². The minimum atomic E-state index is -4.21. The monoisotopic (exact) mass is 476 g/mol. The Morgan fingerprint density at radius 2 is 1.76 bits per heavy atom. The molecule has 0 radical (unpaired) electrons. The third-order valence-corrected chi connectivity index (χ3v) is 6.42. The molecule has 34 heavy (non-hydrogen) atoms. The van der Waals surface area contributed by atoms with Crippen molar-refractivity contribution in [3.63, 3.8) is 0 Å². The lowest BCUT2D eigenvalue weighted by Gasteiger charge is -2.28. The first-order valence-electron chi connectivity index (χ1n) is 11.8. The van der Waals surface area contributed by atoms with E-state index >= 15 is 0 Å². The molecule has 1 amide bonds. The van der Waals surface area contributed by atoms with E-state index in [1.54, 1.807) is 6.07 Å². The van der Waals surface area contributed by atoms with Gasteiger partial charge in [0, 0.05) is 25.2 Å². The average Bonchev–Trinajstić information content (AvgIpc) is 2.91. The zero-order chi connectivity index (χ0) is 25.1. The summed E-state index contributed by atoms with van der Waals surface area (Å²) in [5.41, 5.74) is 12.3. The van der Waals surface area contributed by atoms with Crippen LogP contribution in [0.15, 0.2) is 30.3 Å². The minimum Gasteiger partial charge on any atom is -0.493 e. The number of benzene rings is 2. The van der Waals surface area contributed by atoms with Gasteiger partial charge in [-0.25, -0.2) is 0 Å². The summed E-state index contributed by atoms with van der Waals surface area (Å²) in [4.78, 5) is 13.8. The molecular weight excluding hydrogens is 441 g/mol. The van der Waals surface area contributed by atoms with Crippen molar-refractivity contribution in [3.05, 3.63) is 58.1 Å². The van der Waals surface area contributed by atoms with E-state index in [2.05, 4.69) is 44.7 Å². The molecule has 0 saturated heterocycles. The quantitative estimate of drug-likeness (QED) is 0.506. The molecular formula is C27H35F3N2O2. The number of amides is 1. The lowest BCUT2D eigenvalue weighted by Crippen LogP contribution is -2.26. The molecule has 0 atom stereocenters. The van der Waals surface area contributed by atoms with Gasteiger partial charge < -0.3 is 15.4 Å². The van der Waals surface area contributed by atoms with Crippen molar-refractivity contribution >= 4 is 11.6 Å². The molecule has 0 bridgehead atoms. The van der Waals surface area contributed by atoms with E-state index in [1.165, 1.54) is 22.3 Å². The minimum absolute atomic E-state index is 0.204. The van der Waals surface area contributed by atoms with E-state index in [9.17, 15) is 18.0 Å². The van der Waals surface area contributed by atoms with Crippen LogP contribution in [0.4, 0.5) is 18.9 Å². The predicted molar refractivity (Wildman–Crippen MR) is 129 cm³/mol. The summed E-state index contributed by atoms with van der Waals surface area (Å²) in [6.45, 7) is 9.63. The second-order valence-electron chi connectivity index (χ2n) is 10.2. The van der Waals surface area contributed by atoms with Crippen molar-refractivity contribution < 1.29 is 22.7 Å². The number of hydrogen-bond acceptors (Lipinski definition) is 3. The number of ether oxygens (including phenoxy) is 1. The largest absolute Gasteiger partial charge is 0.493 e. The maximum atomic E-state index is 12.4. The van der Waals surface area contributed by atoms with Gasteiger partial charge in [-0.05, 0) is 90.6 Å². The highest BCUT2D eigenvalue weighted by Gasteiger charge is 2.27. The number of primary amides is 1. The molecule has 1 aliphatic rings. The third kappa shape index (κ3) is 7.15. The van der Waals surface area contributed by atoms with Crippen LogP contribution in [0.5, 0.6) is 5.75 Å². The van der Waals surface area contributed by atoms with Crippen LogP contribution >= 0.6 is 0 Å². The topological polar surface area (TPSA) is 55.6 Å². The number of alkyl halides is 3. The smallest absolute Gasteiger partial charge is 0.392 e. The molecule has 7 heteroatoms. The van der Waals surface area contributed by atoms with Crippen LogP contribution < -0.4 is 15.4 Å². The normalized spacial score (nSPS) is 14.5. The Morgan fingerprint density at radius 1 is 1.09 bits per heavy atom. The Kier molecular flexibility index (Phi) is 7.84. The lowest BCUT2D eigenvalue weighted by atomic mass is 9.80. The van der Waals surface area contributed by atoms with Gasteiger partial charge in [0.05, 0.1) is 13.0 Å². The van der Waals surface area contributed by atoms with Gasteiger partial charge >= 0.3 is 6.18 Å². The number of anilines is 1. The summed E-state index contributed by atoms with van der Waals surface area (Å²) in [6, 6.07) is 10.0. The van der Waals surface area contributed by atoms with Crippen LogP contribution in [-0.2, 0) is 24.2 Å². The summed E-state index contributed by atoms with van der Waals surface area (Å²) >= 11 is 0. The first-order chi connectivity index (χ1) is 15.8. The van der Waals surface area contributed by atoms with E-state index in [1.807, 2.05) is 12.1 Å². The van der Waals surface area contributed by atoms with Crippen molar-refractivity contribution in [3.8, 4) is 5.75 Å². The summed E-state index contributed by atoms with van der Waals surface area (Å²) in [7, 11) is 0. The van der Waals surface area contributed by atoms with Crippen LogP contribution in [0, 0.1) is 19.3 Å². The molecule has 0 fully saturated rings. The molecule has 2 aromatic rings. The van der Waals surface area contributed by atoms with Crippen molar-refractivity contribution in [1.29, 1.82) is 0 Å². The summed E-state index contributed by atoms with van der Waals surface area (Å²) in [6.07, 6.45) is -2.22. The number of nitrogens with two attached hydrogens (primary N) is 1. The van der Waals surface area contributed by atoms with Crippen molar-refractivity contribution in [2.75, 3.05) is 18.1 Å². The van der Waals surface area contributed by atoms with Crippen molar-refractivity contribution in [1.82, 2.24) is 0 Å². The molecule has 0 aromatic heterocycles. The number of aryl methyl sites for hydroxylation is 3. The molecule has 0 saturated carbocycles. The third-order valence-electron chi connectivity index (χ3n) is 6.42. The van der Waals surface area contributed by atoms with Crippen LogP contribution in [0.25, 0.3) is 0 Å². The molecule has 2 N–H and O–H groups in total. The highest BCUT2D eigenvalue weighted by Crippen LogP contribution is 2.33. The highest BCUT2D eigenvalue weighted by atomic mass is 19.4. The van der Waals surface area contributed by atoms with E-state index < -0.39 is 12.6 Å². The van der Waals surface area contributed by atoms with Crippen molar-refractivity contribution in [2.24, 2.45) is 11.1 Å². The van der Waals surface area contributed by atoms with Gasteiger partial charge in [-0.1, -0.05) is 19.9 Å². The van der Waals surface area contributed by atoms with Gasteiger partial charge in [0.15, 0.2) is 0 Å². The Bertz CT molecular complexity index is 1010. The highest BCUT2D eigenvalue weighted by molar-refractivity contribution is 5.74. The van der Waals surface area contributed by atoms with Crippen LogP contribution in [0.3, 0.4) is 0 Å². The van der Waals surface area contributed by atoms with Gasteiger partial charge in [-0.2, -0.15) is 13.2 Å².